The van der Waals surface area contributed by atoms with Crippen LogP contribution in [0.2, 0.25) is 0 Å². The first-order valence-electron chi connectivity index (χ1n) is 9.24. The molecule has 1 aromatic rings. The second-order valence-corrected chi connectivity index (χ2v) is 9.23. The summed E-state index contributed by atoms with van der Waals surface area (Å²) in [7, 11) is -1.66. The number of ether oxygens (including phenoxy) is 3. The molecule has 2 aliphatic rings. The van der Waals surface area contributed by atoms with E-state index in [1.807, 2.05) is 6.07 Å². The molecule has 2 saturated heterocycles. The van der Waals surface area contributed by atoms with E-state index in [-0.39, 0.29) is 36.2 Å². The van der Waals surface area contributed by atoms with Crippen LogP contribution in [0.5, 0.6) is 11.5 Å². The molecule has 1 aromatic carbocycles. The lowest BCUT2D eigenvalue weighted by Gasteiger charge is -2.30. The van der Waals surface area contributed by atoms with Crippen LogP contribution in [0.25, 0.3) is 0 Å². The third kappa shape index (κ3) is 4.94. The highest BCUT2D eigenvalue weighted by atomic mass is 32.2. The molecule has 0 aromatic heterocycles. The molecule has 0 aliphatic carbocycles. The Balaban J connectivity index is 1.69. The number of nitriles is 1. The first-order valence-corrected chi connectivity index (χ1v) is 11.1. The molecule has 152 valence electrons. The van der Waals surface area contributed by atoms with Crippen LogP contribution < -0.4 is 9.47 Å². The predicted octanol–water partition coefficient (Wildman–Crippen LogP) is 1.14. The maximum atomic E-state index is 12.9. The molecule has 2 atom stereocenters. The third-order valence-electron chi connectivity index (χ3n) is 5.04. The van der Waals surface area contributed by atoms with Crippen molar-refractivity contribution in [2.24, 2.45) is 0 Å². The van der Waals surface area contributed by atoms with Gasteiger partial charge in [-0.05, 0) is 31.4 Å². The van der Waals surface area contributed by atoms with Gasteiger partial charge in [-0.2, -0.15) is 5.26 Å². The number of rotatable bonds is 7. The van der Waals surface area contributed by atoms with Crippen LogP contribution in [-0.2, 0) is 19.4 Å². The van der Waals surface area contributed by atoms with E-state index in [0.29, 0.717) is 36.6 Å². The number of methoxy groups -OCH3 is 1. The van der Waals surface area contributed by atoms with Crippen molar-refractivity contribution in [3.05, 3.63) is 23.8 Å². The van der Waals surface area contributed by atoms with E-state index < -0.39 is 9.84 Å². The van der Waals surface area contributed by atoms with Gasteiger partial charge in [0.05, 0.1) is 36.4 Å². The van der Waals surface area contributed by atoms with Crippen LogP contribution in [0.1, 0.15) is 24.8 Å². The lowest BCUT2D eigenvalue weighted by molar-refractivity contribution is -0.137. The quantitative estimate of drug-likeness (QED) is 0.666. The standard InChI is InChI=1S/C19H24N2O6S/c1-25-18-9-14(10-20)4-5-17(18)27-12-19(22)21(11-16-3-2-7-26-16)15-6-8-28(23,24)13-15/h4-5,9,15-16H,2-3,6-8,11-13H2,1H3/t15-,16+/m1/s1. The Kier molecular flexibility index (Phi) is 6.42. The van der Waals surface area contributed by atoms with E-state index in [2.05, 4.69) is 0 Å². The Labute approximate surface area is 164 Å². The molecule has 3 rings (SSSR count). The maximum Gasteiger partial charge on any atom is 0.260 e. The van der Waals surface area contributed by atoms with Gasteiger partial charge in [0, 0.05) is 25.3 Å². The van der Waals surface area contributed by atoms with Crippen molar-refractivity contribution in [1.29, 1.82) is 5.26 Å². The van der Waals surface area contributed by atoms with E-state index >= 15 is 0 Å². The zero-order valence-corrected chi connectivity index (χ0v) is 16.6. The average Bonchev–Trinajstić information content (AvgIpc) is 3.33. The number of carbonyl (C=O) groups excluding carboxylic acids is 1. The summed E-state index contributed by atoms with van der Waals surface area (Å²) in [6.07, 6.45) is 2.15. The van der Waals surface area contributed by atoms with Gasteiger partial charge >= 0.3 is 0 Å². The summed E-state index contributed by atoms with van der Waals surface area (Å²) in [5, 5.41) is 8.97. The molecule has 0 N–H and O–H groups in total. The molecule has 2 fully saturated rings. The van der Waals surface area contributed by atoms with Crippen molar-refractivity contribution in [1.82, 2.24) is 4.90 Å². The van der Waals surface area contributed by atoms with Crippen LogP contribution in [0.15, 0.2) is 18.2 Å². The number of sulfone groups is 1. The summed E-state index contributed by atoms with van der Waals surface area (Å²) in [6, 6.07) is 6.36. The Morgan fingerprint density at radius 3 is 2.79 bits per heavy atom. The van der Waals surface area contributed by atoms with Crippen LogP contribution in [0.4, 0.5) is 0 Å². The molecule has 0 unspecified atom stereocenters. The molecule has 0 saturated carbocycles. The number of hydrogen-bond acceptors (Lipinski definition) is 7. The smallest absolute Gasteiger partial charge is 0.260 e. The van der Waals surface area contributed by atoms with Crippen molar-refractivity contribution in [2.75, 3.05) is 38.4 Å². The highest BCUT2D eigenvalue weighted by Crippen LogP contribution is 2.28. The summed E-state index contributed by atoms with van der Waals surface area (Å²) in [6.45, 7) is 0.785. The molecular weight excluding hydrogens is 384 g/mol. The van der Waals surface area contributed by atoms with Crippen LogP contribution in [-0.4, -0.2) is 69.7 Å². The molecule has 9 heteroatoms. The molecule has 0 bridgehead atoms. The van der Waals surface area contributed by atoms with E-state index in [4.69, 9.17) is 19.5 Å². The second-order valence-electron chi connectivity index (χ2n) is 7.00. The maximum absolute atomic E-state index is 12.9. The molecule has 0 spiro atoms. The number of carbonyl (C=O) groups is 1. The van der Waals surface area contributed by atoms with Crippen molar-refractivity contribution < 1.29 is 27.4 Å². The fraction of sp³-hybridized carbons (Fsp3) is 0.579. The highest BCUT2D eigenvalue weighted by molar-refractivity contribution is 7.91. The van der Waals surface area contributed by atoms with Crippen LogP contribution in [0, 0.1) is 11.3 Å². The SMILES string of the molecule is COc1cc(C#N)ccc1OCC(=O)N(C[C@@H]1CCCO1)[C@@H]1CCS(=O)(=O)C1. The minimum atomic E-state index is -3.12. The van der Waals surface area contributed by atoms with Crippen molar-refractivity contribution in [3.63, 3.8) is 0 Å². The van der Waals surface area contributed by atoms with Gasteiger partial charge in [-0.25, -0.2) is 8.42 Å². The Bertz CT molecular complexity index is 858. The average molecular weight is 408 g/mol. The van der Waals surface area contributed by atoms with Gasteiger partial charge in [-0.15, -0.1) is 0 Å². The Morgan fingerprint density at radius 1 is 1.36 bits per heavy atom. The summed E-state index contributed by atoms with van der Waals surface area (Å²) in [4.78, 5) is 14.5. The third-order valence-corrected chi connectivity index (χ3v) is 6.79. The number of nitrogens with zero attached hydrogens (tertiary/aromatic N) is 2. The van der Waals surface area contributed by atoms with Crippen molar-refractivity contribution >= 4 is 15.7 Å². The Hall–Kier alpha value is -2.31. The topological polar surface area (TPSA) is 106 Å². The number of hydrogen-bond donors (Lipinski definition) is 0. The van der Waals surface area contributed by atoms with E-state index in [1.165, 1.54) is 13.2 Å². The normalized spacial score (nSPS) is 23.1. The van der Waals surface area contributed by atoms with Gasteiger partial charge in [0.2, 0.25) is 0 Å². The van der Waals surface area contributed by atoms with E-state index in [0.717, 1.165) is 12.8 Å². The highest BCUT2D eigenvalue weighted by Gasteiger charge is 2.36. The minimum Gasteiger partial charge on any atom is -0.493 e. The molecule has 2 heterocycles. The van der Waals surface area contributed by atoms with Crippen molar-refractivity contribution in [3.8, 4) is 17.6 Å². The molecular formula is C19H24N2O6S. The van der Waals surface area contributed by atoms with E-state index in [1.54, 1.807) is 17.0 Å². The number of amides is 1. The van der Waals surface area contributed by atoms with Crippen LogP contribution >= 0.6 is 0 Å². The van der Waals surface area contributed by atoms with Gasteiger partial charge in [0.1, 0.15) is 0 Å². The second kappa shape index (κ2) is 8.80. The minimum absolute atomic E-state index is 0.0222. The predicted molar refractivity (Wildman–Crippen MR) is 101 cm³/mol. The lowest BCUT2D eigenvalue weighted by Crippen LogP contribution is -2.47. The van der Waals surface area contributed by atoms with E-state index in [9.17, 15) is 13.2 Å². The Morgan fingerprint density at radius 2 is 2.18 bits per heavy atom. The fourth-order valence-electron chi connectivity index (χ4n) is 3.56. The lowest BCUT2D eigenvalue weighted by atomic mass is 10.1. The fourth-order valence-corrected chi connectivity index (χ4v) is 5.29. The van der Waals surface area contributed by atoms with Crippen LogP contribution in [0.3, 0.4) is 0 Å². The monoisotopic (exact) mass is 408 g/mol. The van der Waals surface area contributed by atoms with Gasteiger partial charge in [-0.1, -0.05) is 0 Å². The van der Waals surface area contributed by atoms with Gasteiger partial charge in [0.25, 0.3) is 5.91 Å². The molecule has 8 nitrogen and oxygen atoms in total. The largest absolute Gasteiger partial charge is 0.493 e. The summed E-state index contributed by atoms with van der Waals surface area (Å²) < 4.78 is 40.3. The van der Waals surface area contributed by atoms with Crippen molar-refractivity contribution in [2.45, 2.75) is 31.4 Å². The summed E-state index contributed by atoms with van der Waals surface area (Å²) >= 11 is 0. The molecule has 28 heavy (non-hydrogen) atoms. The zero-order valence-electron chi connectivity index (χ0n) is 15.8. The van der Waals surface area contributed by atoms with Gasteiger partial charge in [-0.3, -0.25) is 4.79 Å². The zero-order chi connectivity index (χ0) is 20.1. The molecule has 1 amide bonds. The summed E-state index contributed by atoms with van der Waals surface area (Å²) in [5.41, 5.74) is 0.423. The summed E-state index contributed by atoms with van der Waals surface area (Å²) in [5.74, 6) is 0.499. The van der Waals surface area contributed by atoms with Gasteiger partial charge in [0.15, 0.2) is 27.9 Å². The first kappa shape index (κ1) is 20.4. The van der Waals surface area contributed by atoms with Gasteiger partial charge < -0.3 is 19.1 Å². The first-order chi connectivity index (χ1) is 13.4. The molecule has 0 radical (unpaired) electrons. The number of benzene rings is 1. The molecule has 2 aliphatic heterocycles.